The van der Waals surface area contributed by atoms with E-state index in [-0.39, 0.29) is 5.56 Å². The summed E-state index contributed by atoms with van der Waals surface area (Å²) in [6.07, 6.45) is -2.96. The van der Waals surface area contributed by atoms with Crippen molar-refractivity contribution in [1.29, 1.82) is 0 Å². The lowest BCUT2D eigenvalue weighted by atomic mass is 9.96. The first kappa shape index (κ1) is 18.7. The average molecular weight is 392 g/mol. The van der Waals surface area contributed by atoms with Crippen molar-refractivity contribution in [2.75, 3.05) is 5.32 Å². The molecule has 4 aromatic rings. The van der Waals surface area contributed by atoms with E-state index in [2.05, 4.69) is 10.3 Å². The number of carbonyl (C=O) groups is 1. The van der Waals surface area contributed by atoms with Gasteiger partial charge in [0.1, 0.15) is 0 Å². The van der Waals surface area contributed by atoms with Gasteiger partial charge >= 0.3 is 6.18 Å². The minimum absolute atomic E-state index is 0.0565. The molecule has 0 atom stereocenters. The molecule has 0 aliphatic carbocycles. The molecule has 6 heteroatoms. The third-order valence-electron chi connectivity index (χ3n) is 4.56. The van der Waals surface area contributed by atoms with E-state index in [1.807, 2.05) is 12.1 Å². The summed E-state index contributed by atoms with van der Waals surface area (Å²) in [5, 5.41) is 3.54. The fourth-order valence-corrected chi connectivity index (χ4v) is 3.17. The average Bonchev–Trinajstić information content (AvgIpc) is 2.73. The molecule has 0 aliphatic heterocycles. The quantitative estimate of drug-likeness (QED) is 0.453. The van der Waals surface area contributed by atoms with Crippen molar-refractivity contribution in [3.63, 3.8) is 0 Å². The minimum Gasteiger partial charge on any atom is -0.320 e. The van der Waals surface area contributed by atoms with Gasteiger partial charge in [-0.2, -0.15) is 13.2 Å². The van der Waals surface area contributed by atoms with Gasteiger partial charge in [0, 0.05) is 17.1 Å². The van der Waals surface area contributed by atoms with Gasteiger partial charge in [-0.1, -0.05) is 54.6 Å². The monoisotopic (exact) mass is 392 g/mol. The Labute approximate surface area is 164 Å². The predicted molar refractivity (Wildman–Crippen MR) is 107 cm³/mol. The number of aromatic nitrogens is 1. The highest BCUT2D eigenvalue weighted by atomic mass is 19.4. The normalized spacial score (nSPS) is 11.4. The maximum absolute atomic E-state index is 13.3. The number of halogens is 3. The third-order valence-corrected chi connectivity index (χ3v) is 4.56. The molecule has 0 bridgehead atoms. The molecule has 0 saturated carbocycles. The summed E-state index contributed by atoms with van der Waals surface area (Å²) in [6, 6.07) is 20.9. The van der Waals surface area contributed by atoms with Gasteiger partial charge in [0.05, 0.1) is 16.8 Å². The summed E-state index contributed by atoms with van der Waals surface area (Å²) in [7, 11) is 0. The highest BCUT2D eigenvalue weighted by Crippen LogP contribution is 2.34. The smallest absolute Gasteiger partial charge is 0.320 e. The molecule has 0 fully saturated rings. The number of hydrogen-bond donors (Lipinski definition) is 1. The number of nitrogens with one attached hydrogen (secondary N) is 1. The number of hydrogen-bond acceptors (Lipinski definition) is 2. The van der Waals surface area contributed by atoms with Gasteiger partial charge in [0.15, 0.2) is 0 Å². The molecule has 144 valence electrons. The van der Waals surface area contributed by atoms with E-state index >= 15 is 0 Å². The Balaban J connectivity index is 1.80. The summed E-state index contributed by atoms with van der Waals surface area (Å²) in [6.45, 7) is 0. The molecule has 29 heavy (non-hydrogen) atoms. The van der Waals surface area contributed by atoms with E-state index in [1.54, 1.807) is 54.7 Å². The van der Waals surface area contributed by atoms with Crippen molar-refractivity contribution in [2.45, 2.75) is 6.18 Å². The van der Waals surface area contributed by atoms with Gasteiger partial charge in [-0.25, -0.2) is 0 Å². The van der Waals surface area contributed by atoms with Crippen LogP contribution in [-0.2, 0) is 6.18 Å². The summed E-state index contributed by atoms with van der Waals surface area (Å²) in [4.78, 5) is 17.3. The van der Waals surface area contributed by atoms with E-state index in [0.29, 0.717) is 22.3 Å². The lowest BCUT2D eigenvalue weighted by Crippen LogP contribution is -2.16. The highest BCUT2D eigenvalue weighted by molar-refractivity contribution is 6.11. The molecule has 0 saturated heterocycles. The molecule has 3 aromatic carbocycles. The van der Waals surface area contributed by atoms with E-state index in [0.717, 1.165) is 17.5 Å². The molecule has 1 heterocycles. The van der Waals surface area contributed by atoms with Crippen LogP contribution in [0.5, 0.6) is 0 Å². The molecule has 3 nitrogen and oxygen atoms in total. The molecule has 0 spiro atoms. The van der Waals surface area contributed by atoms with Crippen molar-refractivity contribution >= 4 is 22.5 Å². The van der Waals surface area contributed by atoms with Gasteiger partial charge in [-0.05, 0) is 35.4 Å². The van der Waals surface area contributed by atoms with Crippen LogP contribution in [0.4, 0.5) is 18.9 Å². The van der Waals surface area contributed by atoms with E-state index in [1.165, 1.54) is 6.07 Å². The van der Waals surface area contributed by atoms with Gasteiger partial charge in [-0.15, -0.1) is 0 Å². The number of fused-ring (bicyclic) bond motifs is 1. The summed E-state index contributed by atoms with van der Waals surface area (Å²) >= 11 is 0. The maximum Gasteiger partial charge on any atom is 0.416 e. The highest BCUT2D eigenvalue weighted by Gasteiger charge is 2.32. The second-order valence-electron chi connectivity index (χ2n) is 6.46. The summed E-state index contributed by atoms with van der Waals surface area (Å²) in [5.74, 6) is -0.631. The number of para-hydroxylation sites is 1. The van der Waals surface area contributed by atoms with Gasteiger partial charge in [-0.3, -0.25) is 9.78 Å². The van der Waals surface area contributed by atoms with Crippen LogP contribution in [-0.4, -0.2) is 10.9 Å². The molecule has 1 N–H and O–H groups in total. The molecule has 4 rings (SSSR count). The number of pyridine rings is 1. The van der Waals surface area contributed by atoms with Crippen molar-refractivity contribution in [1.82, 2.24) is 4.98 Å². The first-order valence-electron chi connectivity index (χ1n) is 8.85. The van der Waals surface area contributed by atoms with Crippen LogP contribution in [0.3, 0.4) is 0 Å². The molecule has 0 aliphatic rings. The zero-order valence-corrected chi connectivity index (χ0v) is 15.1. The van der Waals surface area contributed by atoms with E-state index in [9.17, 15) is 18.0 Å². The van der Waals surface area contributed by atoms with Crippen molar-refractivity contribution < 1.29 is 18.0 Å². The first-order valence-corrected chi connectivity index (χ1v) is 8.85. The largest absolute Gasteiger partial charge is 0.416 e. The van der Waals surface area contributed by atoms with Crippen molar-refractivity contribution in [2.24, 2.45) is 0 Å². The van der Waals surface area contributed by atoms with Crippen LogP contribution < -0.4 is 5.32 Å². The standard InChI is InChI=1S/C23H15F3N2O/c24-23(25,26)17-11-12-18(15-6-2-1-3-7-15)19(14-17)22(29)28-20-10-4-8-16-9-5-13-27-21(16)20/h1-14H,(H,28,29). The second kappa shape index (κ2) is 7.39. The fourth-order valence-electron chi connectivity index (χ4n) is 3.17. The SMILES string of the molecule is O=C(Nc1cccc2cccnc12)c1cc(C(F)(F)F)ccc1-c1ccccc1. The Kier molecular flexibility index (Phi) is 4.76. The van der Waals surface area contributed by atoms with Crippen molar-refractivity contribution in [3.8, 4) is 11.1 Å². The zero-order valence-electron chi connectivity index (χ0n) is 15.1. The molecule has 0 radical (unpaired) electrons. The number of benzene rings is 3. The predicted octanol–water partition coefficient (Wildman–Crippen LogP) is 6.17. The molecule has 0 unspecified atom stereocenters. The molecule has 1 amide bonds. The van der Waals surface area contributed by atoms with Crippen LogP contribution >= 0.6 is 0 Å². The Morgan fingerprint density at radius 3 is 2.38 bits per heavy atom. The van der Waals surface area contributed by atoms with E-state index in [4.69, 9.17) is 0 Å². The first-order chi connectivity index (χ1) is 13.9. The maximum atomic E-state index is 13.3. The lowest BCUT2D eigenvalue weighted by Gasteiger charge is -2.15. The fraction of sp³-hybridized carbons (Fsp3) is 0.0435. The molecular formula is C23H15F3N2O. The van der Waals surface area contributed by atoms with Crippen molar-refractivity contribution in [3.05, 3.63) is 96.2 Å². The van der Waals surface area contributed by atoms with Crippen LogP contribution in [0, 0.1) is 0 Å². The van der Waals surface area contributed by atoms with E-state index < -0.39 is 17.6 Å². The van der Waals surface area contributed by atoms with Gasteiger partial charge < -0.3 is 5.32 Å². The van der Waals surface area contributed by atoms with Gasteiger partial charge in [0.2, 0.25) is 0 Å². The Hall–Kier alpha value is -3.67. The number of carbonyl (C=O) groups excluding carboxylic acids is 1. The molecular weight excluding hydrogens is 377 g/mol. The van der Waals surface area contributed by atoms with Crippen LogP contribution in [0.2, 0.25) is 0 Å². The Morgan fingerprint density at radius 2 is 1.62 bits per heavy atom. The van der Waals surface area contributed by atoms with Gasteiger partial charge in [0.25, 0.3) is 5.91 Å². The Morgan fingerprint density at radius 1 is 0.862 bits per heavy atom. The minimum atomic E-state index is -4.55. The number of amides is 1. The number of rotatable bonds is 3. The Bertz CT molecular complexity index is 1180. The summed E-state index contributed by atoms with van der Waals surface area (Å²) in [5.41, 5.74) is 1.14. The third kappa shape index (κ3) is 3.82. The lowest BCUT2D eigenvalue weighted by molar-refractivity contribution is -0.137. The zero-order chi connectivity index (χ0) is 20.4. The van der Waals surface area contributed by atoms with Crippen LogP contribution in [0.1, 0.15) is 15.9 Å². The number of alkyl halides is 3. The van der Waals surface area contributed by atoms with Crippen LogP contribution in [0.25, 0.3) is 22.0 Å². The second-order valence-corrected chi connectivity index (χ2v) is 6.46. The summed E-state index contributed by atoms with van der Waals surface area (Å²) < 4.78 is 39.8. The number of anilines is 1. The van der Waals surface area contributed by atoms with Crippen LogP contribution in [0.15, 0.2) is 85.1 Å². The molecule has 1 aromatic heterocycles. The number of nitrogens with zero attached hydrogens (tertiary/aromatic N) is 1. The topological polar surface area (TPSA) is 42.0 Å².